The number of carbonyl (C=O) groups excluding carboxylic acids is 1. The van der Waals surface area contributed by atoms with Gasteiger partial charge in [0.05, 0.1) is 6.04 Å². The van der Waals surface area contributed by atoms with Gasteiger partial charge in [-0.1, -0.05) is 20.3 Å². The van der Waals surface area contributed by atoms with E-state index in [1.807, 2.05) is 11.9 Å². The van der Waals surface area contributed by atoms with Crippen LogP contribution in [-0.2, 0) is 4.79 Å². The third-order valence-corrected chi connectivity index (χ3v) is 3.02. The Morgan fingerprint density at radius 3 is 2.86 bits per heavy atom. The highest BCUT2D eigenvalue weighted by Crippen LogP contribution is 2.10. The van der Waals surface area contributed by atoms with Crippen LogP contribution in [0.15, 0.2) is 0 Å². The van der Waals surface area contributed by atoms with Crippen LogP contribution in [0.3, 0.4) is 0 Å². The molecule has 0 aromatic carbocycles. The Balaban J connectivity index is 2.35. The van der Waals surface area contributed by atoms with E-state index in [0.29, 0.717) is 5.92 Å². The normalized spacial score (nSPS) is 23.5. The molecule has 1 unspecified atom stereocenters. The van der Waals surface area contributed by atoms with E-state index in [0.717, 1.165) is 32.4 Å². The van der Waals surface area contributed by atoms with Gasteiger partial charge in [-0.2, -0.15) is 0 Å². The van der Waals surface area contributed by atoms with Crippen LogP contribution in [0.5, 0.6) is 0 Å². The zero-order valence-electron chi connectivity index (χ0n) is 9.55. The van der Waals surface area contributed by atoms with E-state index in [-0.39, 0.29) is 11.9 Å². The van der Waals surface area contributed by atoms with Crippen LogP contribution < -0.4 is 5.32 Å². The average Bonchev–Trinajstić information content (AvgIpc) is 2.69. The van der Waals surface area contributed by atoms with Crippen molar-refractivity contribution in [2.24, 2.45) is 5.92 Å². The first-order chi connectivity index (χ1) is 6.65. The van der Waals surface area contributed by atoms with Crippen molar-refractivity contribution in [1.82, 2.24) is 10.2 Å². The number of hydrogen-bond donors (Lipinski definition) is 1. The molecule has 0 bridgehead atoms. The summed E-state index contributed by atoms with van der Waals surface area (Å²) in [5.41, 5.74) is 0. The molecule has 0 radical (unpaired) electrons. The number of hydrogen-bond acceptors (Lipinski definition) is 2. The van der Waals surface area contributed by atoms with Gasteiger partial charge in [0.2, 0.25) is 5.91 Å². The first-order valence-electron chi connectivity index (χ1n) is 5.63. The van der Waals surface area contributed by atoms with Crippen molar-refractivity contribution in [1.29, 1.82) is 0 Å². The number of carbonyl (C=O) groups is 1. The molecule has 1 N–H and O–H groups in total. The van der Waals surface area contributed by atoms with Gasteiger partial charge >= 0.3 is 0 Å². The average molecular weight is 198 g/mol. The number of rotatable bonds is 4. The molecular formula is C11H22N2O. The van der Waals surface area contributed by atoms with Gasteiger partial charge in [-0.25, -0.2) is 0 Å². The lowest BCUT2D eigenvalue weighted by Gasteiger charge is -2.23. The highest BCUT2D eigenvalue weighted by Gasteiger charge is 2.25. The van der Waals surface area contributed by atoms with E-state index < -0.39 is 0 Å². The lowest BCUT2D eigenvalue weighted by molar-refractivity contribution is -0.132. The standard InChI is InChI=1S/C11H22N2O/c1-4-9(2)8-13(3)11(14)10-6-5-7-12-10/h9-10,12H,4-8H2,1-3H3/t9?,10-/m1/s1. The number of nitrogens with zero attached hydrogens (tertiary/aromatic N) is 1. The summed E-state index contributed by atoms with van der Waals surface area (Å²) < 4.78 is 0. The molecular weight excluding hydrogens is 176 g/mol. The van der Waals surface area contributed by atoms with Crippen molar-refractivity contribution in [3.05, 3.63) is 0 Å². The van der Waals surface area contributed by atoms with E-state index in [1.165, 1.54) is 0 Å². The molecule has 0 saturated carbocycles. The molecule has 0 aromatic heterocycles. The minimum atomic E-state index is 0.0871. The van der Waals surface area contributed by atoms with Crippen molar-refractivity contribution in [2.45, 2.75) is 39.2 Å². The number of amides is 1. The van der Waals surface area contributed by atoms with E-state index in [9.17, 15) is 4.79 Å². The Morgan fingerprint density at radius 2 is 2.36 bits per heavy atom. The second kappa shape index (κ2) is 5.35. The molecule has 82 valence electrons. The highest BCUT2D eigenvalue weighted by molar-refractivity contribution is 5.81. The van der Waals surface area contributed by atoms with Crippen molar-refractivity contribution < 1.29 is 4.79 Å². The Kier molecular flexibility index (Phi) is 4.39. The first-order valence-corrected chi connectivity index (χ1v) is 5.63. The van der Waals surface area contributed by atoms with Crippen LogP contribution >= 0.6 is 0 Å². The minimum absolute atomic E-state index is 0.0871. The summed E-state index contributed by atoms with van der Waals surface area (Å²) in [6.07, 6.45) is 3.27. The second-order valence-electron chi connectivity index (χ2n) is 4.38. The van der Waals surface area contributed by atoms with E-state index >= 15 is 0 Å². The van der Waals surface area contributed by atoms with Crippen molar-refractivity contribution in [3.8, 4) is 0 Å². The Hall–Kier alpha value is -0.570. The zero-order valence-corrected chi connectivity index (χ0v) is 9.55. The predicted molar refractivity (Wildman–Crippen MR) is 58.1 cm³/mol. The second-order valence-corrected chi connectivity index (χ2v) is 4.38. The van der Waals surface area contributed by atoms with Crippen molar-refractivity contribution >= 4 is 5.91 Å². The maximum Gasteiger partial charge on any atom is 0.239 e. The predicted octanol–water partition coefficient (Wildman–Crippen LogP) is 1.24. The lowest BCUT2D eigenvalue weighted by Crippen LogP contribution is -2.43. The fourth-order valence-corrected chi connectivity index (χ4v) is 1.85. The molecule has 3 heteroatoms. The Bertz CT molecular complexity index is 188. The molecule has 3 nitrogen and oxygen atoms in total. The summed E-state index contributed by atoms with van der Waals surface area (Å²) >= 11 is 0. The maximum atomic E-state index is 11.9. The summed E-state index contributed by atoms with van der Waals surface area (Å²) in [6.45, 7) is 6.23. The third kappa shape index (κ3) is 2.98. The molecule has 0 aromatic rings. The van der Waals surface area contributed by atoms with Gasteiger partial charge in [0.15, 0.2) is 0 Å². The van der Waals surface area contributed by atoms with E-state index in [1.54, 1.807) is 0 Å². The first kappa shape index (κ1) is 11.5. The molecule has 0 aliphatic carbocycles. The van der Waals surface area contributed by atoms with Gasteiger partial charge in [-0.3, -0.25) is 4.79 Å². The van der Waals surface area contributed by atoms with Crippen LogP contribution in [-0.4, -0.2) is 37.0 Å². The van der Waals surface area contributed by atoms with Gasteiger partial charge in [0.25, 0.3) is 0 Å². The van der Waals surface area contributed by atoms with Crippen LogP contribution in [0, 0.1) is 5.92 Å². The molecule has 1 fully saturated rings. The largest absolute Gasteiger partial charge is 0.344 e. The fraction of sp³-hybridized carbons (Fsp3) is 0.909. The highest BCUT2D eigenvalue weighted by atomic mass is 16.2. The molecule has 1 rings (SSSR count). The minimum Gasteiger partial charge on any atom is -0.344 e. The zero-order chi connectivity index (χ0) is 10.6. The van der Waals surface area contributed by atoms with Crippen LogP contribution in [0.2, 0.25) is 0 Å². The molecule has 1 saturated heterocycles. The lowest BCUT2D eigenvalue weighted by atomic mass is 10.1. The molecule has 14 heavy (non-hydrogen) atoms. The Morgan fingerprint density at radius 1 is 1.64 bits per heavy atom. The number of likely N-dealkylation sites (N-methyl/N-ethyl adjacent to an activating group) is 1. The van der Waals surface area contributed by atoms with Gasteiger partial charge in [0.1, 0.15) is 0 Å². The van der Waals surface area contributed by atoms with Crippen LogP contribution in [0.4, 0.5) is 0 Å². The Labute approximate surface area is 86.9 Å². The SMILES string of the molecule is CCC(C)CN(C)C(=O)[C@H]1CCCN1. The van der Waals surface area contributed by atoms with E-state index in [2.05, 4.69) is 19.2 Å². The third-order valence-electron chi connectivity index (χ3n) is 3.02. The number of nitrogens with one attached hydrogen (secondary N) is 1. The summed E-state index contributed by atoms with van der Waals surface area (Å²) in [7, 11) is 1.91. The summed E-state index contributed by atoms with van der Waals surface area (Å²) in [4.78, 5) is 13.7. The molecule has 1 heterocycles. The summed E-state index contributed by atoms with van der Waals surface area (Å²) in [5, 5.41) is 3.24. The van der Waals surface area contributed by atoms with Gasteiger partial charge in [-0.15, -0.1) is 0 Å². The topological polar surface area (TPSA) is 32.3 Å². The molecule has 1 aliphatic rings. The monoisotopic (exact) mass is 198 g/mol. The smallest absolute Gasteiger partial charge is 0.239 e. The van der Waals surface area contributed by atoms with Gasteiger partial charge in [0, 0.05) is 13.6 Å². The van der Waals surface area contributed by atoms with Crippen LogP contribution in [0.1, 0.15) is 33.1 Å². The summed E-state index contributed by atoms with van der Waals surface area (Å²) in [6, 6.07) is 0.0871. The van der Waals surface area contributed by atoms with Gasteiger partial charge < -0.3 is 10.2 Å². The molecule has 1 aliphatic heterocycles. The molecule has 2 atom stereocenters. The maximum absolute atomic E-state index is 11.9. The van der Waals surface area contributed by atoms with Crippen molar-refractivity contribution in [3.63, 3.8) is 0 Å². The van der Waals surface area contributed by atoms with Crippen LogP contribution in [0.25, 0.3) is 0 Å². The molecule has 1 amide bonds. The molecule has 0 spiro atoms. The van der Waals surface area contributed by atoms with Crippen molar-refractivity contribution in [2.75, 3.05) is 20.1 Å². The van der Waals surface area contributed by atoms with Gasteiger partial charge in [-0.05, 0) is 25.3 Å². The fourth-order valence-electron chi connectivity index (χ4n) is 1.85. The quantitative estimate of drug-likeness (QED) is 0.737. The summed E-state index contributed by atoms with van der Waals surface area (Å²) in [5.74, 6) is 0.869. The van der Waals surface area contributed by atoms with E-state index in [4.69, 9.17) is 0 Å².